The van der Waals surface area contributed by atoms with Crippen molar-refractivity contribution < 1.29 is 58.7 Å². The Labute approximate surface area is 238 Å². The van der Waals surface area contributed by atoms with Gasteiger partial charge in [0.25, 0.3) is 0 Å². The summed E-state index contributed by atoms with van der Waals surface area (Å²) in [4.78, 5) is 22.0. The molecule has 40 heavy (non-hydrogen) atoms. The first-order valence-electron chi connectivity index (χ1n) is 14.9. The summed E-state index contributed by atoms with van der Waals surface area (Å²) >= 11 is 0. The second-order valence-corrected chi connectivity index (χ2v) is 12.2. The van der Waals surface area contributed by atoms with Gasteiger partial charge in [0.05, 0.1) is 13.2 Å². The van der Waals surface area contributed by atoms with Crippen LogP contribution in [0.4, 0.5) is 0 Å². The molecule has 1 fully saturated rings. The van der Waals surface area contributed by atoms with E-state index in [1.54, 1.807) is 0 Å². The van der Waals surface area contributed by atoms with Gasteiger partial charge in [0, 0.05) is 6.42 Å². The zero-order valence-electron chi connectivity index (χ0n) is 23.9. The van der Waals surface area contributed by atoms with Crippen LogP contribution in [0.25, 0.3) is 0 Å². The molecule has 8 atom stereocenters. The van der Waals surface area contributed by atoms with Crippen molar-refractivity contribution in [3.63, 3.8) is 0 Å². The minimum atomic E-state index is -5.00. The first-order chi connectivity index (χ1) is 19.0. The van der Waals surface area contributed by atoms with Gasteiger partial charge in [-0.1, -0.05) is 96.8 Å². The molecule has 1 aliphatic rings. The van der Waals surface area contributed by atoms with Crippen LogP contribution in [0.15, 0.2) is 0 Å². The summed E-state index contributed by atoms with van der Waals surface area (Å²) in [6.07, 6.45) is 5.08. The smallest absolute Gasteiger partial charge is 0.457 e. The van der Waals surface area contributed by atoms with Crippen LogP contribution in [-0.4, -0.2) is 97.4 Å². The summed E-state index contributed by atoms with van der Waals surface area (Å²) in [7, 11) is -5.00. The van der Waals surface area contributed by atoms with Gasteiger partial charge < -0.3 is 40.3 Å². The Hall–Kier alpha value is -0.660. The van der Waals surface area contributed by atoms with Crippen LogP contribution < -0.4 is 0 Å². The fourth-order valence-electron chi connectivity index (χ4n) is 4.69. The number of phosphoric acid groups is 1. The van der Waals surface area contributed by atoms with Gasteiger partial charge in [0.15, 0.2) is 0 Å². The standard InChI is InChI=1S/C27H53O12P/c1-2-3-4-5-6-7-8-9-10-11-12-13-14-15-16-17-21(29)38-20(18-28)19-37-40(35,36)39-27-25(33)23(31)22(30)24(32)26(27)34/h20,22-28,30-34H,2-19H2,1H3,(H,35,36)/t20-,22?,23-,24?,25?,26?,27?/m1/s1. The number of hydrogen-bond donors (Lipinski definition) is 7. The van der Waals surface area contributed by atoms with Crippen molar-refractivity contribution in [3.8, 4) is 0 Å². The minimum Gasteiger partial charge on any atom is -0.457 e. The van der Waals surface area contributed by atoms with Crippen molar-refractivity contribution in [1.82, 2.24) is 0 Å². The van der Waals surface area contributed by atoms with E-state index in [1.165, 1.54) is 70.6 Å². The maximum Gasteiger partial charge on any atom is 0.472 e. The second kappa shape index (κ2) is 21.1. The molecule has 0 bridgehead atoms. The average molecular weight is 601 g/mol. The fourth-order valence-corrected chi connectivity index (χ4v) is 5.67. The van der Waals surface area contributed by atoms with E-state index in [0.29, 0.717) is 6.42 Å². The van der Waals surface area contributed by atoms with Crippen molar-refractivity contribution >= 4 is 13.8 Å². The normalized spacial score (nSPS) is 27.3. The molecular weight excluding hydrogens is 547 g/mol. The minimum absolute atomic E-state index is 0.126. The maximum atomic E-state index is 12.2. The molecule has 0 aromatic rings. The number of unbranched alkanes of at least 4 members (excludes halogenated alkanes) is 14. The third kappa shape index (κ3) is 15.0. The molecule has 1 rings (SSSR count). The van der Waals surface area contributed by atoms with Crippen molar-refractivity contribution in [2.24, 2.45) is 0 Å². The lowest BCUT2D eigenvalue weighted by Gasteiger charge is -2.41. The Morgan fingerprint density at radius 3 is 1.52 bits per heavy atom. The molecule has 6 unspecified atom stereocenters. The molecule has 238 valence electrons. The van der Waals surface area contributed by atoms with E-state index >= 15 is 0 Å². The van der Waals surface area contributed by atoms with Gasteiger partial charge in [-0.15, -0.1) is 0 Å². The average Bonchev–Trinajstić information content (AvgIpc) is 2.93. The molecule has 1 saturated carbocycles. The first-order valence-corrected chi connectivity index (χ1v) is 16.4. The molecule has 0 spiro atoms. The summed E-state index contributed by atoms with van der Waals surface area (Å²) in [6.45, 7) is 0.821. The molecule has 0 aromatic heterocycles. The zero-order chi connectivity index (χ0) is 30.0. The number of esters is 1. The highest BCUT2D eigenvalue weighted by molar-refractivity contribution is 7.47. The number of aliphatic hydroxyl groups excluding tert-OH is 6. The van der Waals surface area contributed by atoms with Crippen molar-refractivity contribution in [2.75, 3.05) is 13.2 Å². The van der Waals surface area contributed by atoms with Crippen molar-refractivity contribution in [2.45, 2.75) is 152 Å². The SMILES string of the molecule is CCCCCCCCCCCCCCCCCC(=O)O[C@H](CO)COP(=O)(O)OC1C(O)C(O)C(O)[C@@H](O)C1O. The summed E-state index contributed by atoms with van der Waals surface area (Å²) in [5.41, 5.74) is 0. The Morgan fingerprint density at radius 2 is 1.10 bits per heavy atom. The Morgan fingerprint density at radius 1 is 0.700 bits per heavy atom. The lowest BCUT2D eigenvalue weighted by molar-refractivity contribution is -0.220. The van der Waals surface area contributed by atoms with E-state index in [-0.39, 0.29) is 6.42 Å². The predicted molar refractivity (Wildman–Crippen MR) is 147 cm³/mol. The number of rotatable bonds is 23. The van der Waals surface area contributed by atoms with Gasteiger partial charge >= 0.3 is 13.8 Å². The second-order valence-electron chi connectivity index (χ2n) is 10.8. The van der Waals surface area contributed by atoms with E-state index in [9.17, 15) is 44.9 Å². The van der Waals surface area contributed by atoms with Gasteiger partial charge in [0.1, 0.15) is 42.7 Å². The summed E-state index contributed by atoms with van der Waals surface area (Å²) in [6, 6.07) is 0. The molecule has 0 aliphatic heterocycles. The summed E-state index contributed by atoms with van der Waals surface area (Å²) < 4.78 is 26.7. The topological polar surface area (TPSA) is 203 Å². The maximum absolute atomic E-state index is 12.2. The van der Waals surface area contributed by atoms with Crippen LogP contribution >= 0.6 is 7.82 Å². The highest BCUT2D eigenvalue weighted by Crippen LogP contribution is 2.47. The highest BCUT2D eigenvalue weighted by Gasteiger charge is 2.51. The third-order valence-electron chi connectivity index (χ3n) is 7.24. The third-order valence-corrected chi connectivity index (χ3v) is 8.22. The largest absolute Gasteiger partial charge is 0.472 e. The lowest BCUT2D eigenvalue weighted by atomic mass is 9.85. The van der Waals surface area contributed by atoms with Crippen LogP contribution in [0.1, 0.15) is 110 Å². The molecule has 7 N–H and O–H groups in total. The summed E-state index contributed by atoms with van der Waals surface area (Å²) in [5, 5.41) is 58.3. The molecular formula is C27H53O12P. The van der Waals surface area contributed by atoms with Gasteiger partial charge in [-0.3, -0.25) is 13.8 Å². The van der Waals surface area contributed by atoms with Crippen molar-refractivity contribution in [1.29, 1.82) is 0 Å². The van der Waals surface area contributed by atoms with Gasteiger partial charge in [-0.05, 0) is 6.42 Å². The van der Waals surface area contributed by atoms with Crippen LogP contribution in [0.3, 0.4) is 0 Å². The number of phosphoric ester groups is 1. The predicted octanol–water partition coefficient (Wildman–Crippen LogP) is 2.47. The van der Waals surface area contributed by atoms with Crippen LogP contribution in [0.5, 0.6) is 0 Å². The van der Waals surface area contributed by atoms with E-state index < -0.39 is 69.7 Å². The van der Waals surface area contributed by atoms with Crippen LogP contribution in [-0.2, 0) is 23.1 Å². The molecule has 12 nitrogen and oxygen atoms in total. The van der Waals surface area contributed by atoms with Crippen LogP contribution in [0, 0.1) is 0 Å². The Kier molecular flexibility index (Phi) is 19.7. The quantitative estimate of drug-likeness (QED) is 0.0513. The fraction of sp³-hybridized carbons (Fsp3) is 0.963. The molecule has 0 radical (unpaired) electrons. The van der Waals surface area contributed by atoms with E-state index in [0.717, 1.165) is 19.3 Å². The molecule has 0 saturated heterocycles. The van der Waals surface area contributed by atoms with E-state index in [2.05, 4.69) is 11.4 Å². The molecule has 13 heteroatoms. The first kappa shape index (κ1) is 37.4. The van der Waals surface area contributed by atoms with E-state index in [4.69, 9.17) is 9.26 Å². The van der Waals surface area contributed by atoms with Gasteiger partial charge in [0.2, 0.25) is 0 Å². The number of hydrogen-bond acceptors (Lipinski definition) is 11. The molecule has 0 amide bonds. The Balaban J connectivity index is 2.15. The molecule has 1 aliphatic carbocycles. The molecule has 0 aromatic carbocycles. The van der Waals surface area contributed by atoms with Gasteiger partial charge in [-0.25, -0.2) is 4.57 Å². The molecule has 0 heterocycles. The number of aliphatic hydroxyl groups is 6. The zero-order valence-corrected chi connectivity index (χ0v) is 24.8. The number of carbonyl (C=O) groups is 1. The lowest BCUT2D eigenvalue weighted by Crippen LogP contribution is -2.64. The Bertz CT molecular complexity index is 695. The summed E-state index contributed by atoms with van der Waals surface area (Å²) in [5.74, 6) is -0.593. The van der Waals surface area contributed by atoms with E-state index in [1.807, 2.05) is 0 Å². The number of carbonyl (C=O) groups excluding carboxylic acids is 1. The monoisotopic (exact) mass is 600 g/mol. The highest BCUT2D eigenvalue weighted by atomic mass is 31.2. The van der Waals surface area contributed by atoms with Crippen LogP contribution in [0.2, 0.25) is 0 Å². The van der Waals surface area contributed by atoms with Crippen molar-refractivity contribution in [3.05, 3.63) is 0 Å². The van der Waals surface area contributed by atoms with Gasteiger partial charge in [-0.2, -0.15) is 0 Å². The number of ether oxygens (including phenoxy) is 1.